The van der Waals surface area contributed by atoms with Crippen molar-refractivity contribution in [2.24, 2.45) is 0 Å². The number of hydrogen-bond donors (Lipinski definition) is 1. The van der Waals surface area contributed by atoms with Gasteiger partial charge in [-0.25, -0.2) is 14.3 Å². The van der Waals surface area contributed by atoms with Crippen LogP contribution in [0, 0.1) is 6.92 Å². The van der Waals surface area contributed by atoms with Gasteiger partial charge in [0, 0.05) is 21.5 Å². The van der Waals surface area contributed by atoms with Crippen molar-refractivity contribution >= 4 is 36.5 Å². The van der Waals surface area contributed by atoms with Gasteiger partial charge in [0.25, 0.3) is 0 Å². The lowest BCUT2D eigenvalue weighted by atomic mass is 9.99. The molecule has 1 N–H and O–H groups in total. The molecule has 4 rings (SSSR count). The molecule has 1 atom stereocenters. The Labute approximate surface area is 198 Å². The molecule has 8 heteroatoms. The maximum absolute atomic E-state index is 12.1. The standard InChI is InChI=1S/C25H26ClN3O3Si/c1-15-11-12-20-21(23(30)18-13-17(26)14-19(27-18)25(31)32-2)22(16-9-7-6-8-10-16)28-29(20)24(15)33(3,4)5/h6-14,23,30H,1-5H3. The zero-order chi connectivity index (χ0) is 23.9. The normalized spacial score (nSPS) is 12.7. The van der Waals surface area contributed by atoms with E-state index in [0.29, 0.717) is 11.3 Å². The smallest absolute Gasteiger partial charge is 0.356 e. The highest BCUT2D eigenvalue weighted by Crippen LogP contribution is 2.35. The summed E-state index contributed by atoms with van der Waals surface area (Å²) in [6.07, 6.45) is -1.16. The third-order valence-corrected chi connectivity index (χ3v) is 7.80. The van der Waals surface area contributed by atoms with Crippen molar-refractivity contribution in [2.75, 3.05) is 7.11 Å². The van der Waals surface area contributed by atoms with Crippen LogP contribution in [0.1, 0.15) is 33.4 Å². The summed E-state index contributed by atoms with van der Waals surface area (Å²) in [6.45, 7) is 8.91. The number of esters is 1. The minimum absolute atomic E-state index is 0.0374. The molecule has 0 fully saturated rings. The number of hydrogen-bond acceptors (Lipinski definition) is 5. The van der Waals surface area contributed by atoms with E-state index in [1.807, 2.05) is 40.9 Å². The van der Waals surface area contributed by atoms with Gasteiger partial charge >= 0.3 is 5.97 Å². The number of pyridine rings is 2. The summed E-state index contributed by atoms with van der Waals surface area (Å²) in [6, 6.07) is 16.8. The van der Waals surface area contributed by atoms with E-state index in [0.717, 1.165) is 11.1 Å². The van der Waals surface area contributed by atoms with Crippen LogP contribution >= 0.6 is 11.6 Å². The summed E-state index contributed by atoms with van der Waals surface area (Å²) >= 11 is 6.26. The third-order valence-electron chi connectivity index (χ3n) is 5.55. The van der Waals surface area contributed by atoms with Crippen LogP contribution in [0.3, 0.4) is 0 Å². The van der Waals surface area contributed by atoms with Crippen molar-refractivity contribution in [1.82, 2.24) is 14.6 Å². The zero-order valence-corrected chi connectivity index (χ0v) is 21.0. The number of halogens is 1. The molecule has 0 bridgehead atoms. The molecule has 3 aromatic heterocycles. The topological polar surface area (TPSA) is 76.7 Å². The fraction of sp³-hybridized carbons (Fsp3) is 0.240. The van der Waals surface area contributed by atoms with Crippen LogP contribution in [0.15, 0.2) is 54.6 Å². The summed E-state index contributed by atoms with van der Waals surface area (Å²) in [4.78, 5) is 16.4. The zero-order valence-electron chi connectivity index (χ0n) is 19.3. The number of aliphatic hydroxyl groups is 1. The van der Waals surface area contributed by atoms with Gasteiger partial charge in [0.05, 0.1) is 24.0 Å². The van der Waals surface area contributed by atoms with Crippen molar-refractivity contribution < 1.29 is 14.6 Å². The average Bonchev–Trinajstić information content (AvgIpc) is 3.16. The molecule has 0 saturated carbocycles. The van der Waals surface area contributed by atoms with Crippen LogP contribution in [0.5, 0.6) is 0 Å². The molecule has 0 saturated heterocycles. The molecule has 1 aromatic carbocycles. The number of aliphatic hydroxyl groups excluding tert-OH is 1. The van der Waals surface area contributed by atoms with E-state index in [9.17, 15) is 9.90 Å². The van der Waals surface area contributed by atoms with Crippen LogP contribution in [-0.2, 0) is 4.74 Å². The number of rotatable bonds is 5. The Balaban J connectivity index is 2.02. The largest absolute Gasteiger partial charge is 0.464 e. The van der Waals surface area contributed by atoms with Gasteiger partial charge in [-0.1, -0.05) is 67.6 Å². The maximum atomic E-state index is 12.1. The second-order valence-corrected chi connectivity index (χ2v) is 14.4. The molecule has 4 aromatic rings. The monoisotopic (exact) mass is 479 g/mol. The van der Waals surface area contributed by atoms with E-state index < -0.39 is 20.1 Å². The highest BCUT2D eigenvalue weighted by Gasteiger charge is 2.29. The lowest BCUT2D eigenvalue weighted by Gasteiger charge is -2.21. The summed E-state index contributed by atoms with van der Waals surface area (Å²) in [5.41, 5.74) is 4.41. The van der Waals surface area contributed by atoms with Crippen LogP contribution in [0.4, 0.5) is 0 Å². The van der Waals surface area contributed by atoms with Crippen molar-refractivity contribution in [1.29, 1.82) is 0 Å². The van der Waals surface area contributed by atoms with Gasteiger partial charge < -0.3 is 9.84 Å². The van der Waals surface area contributed by atoms with E-state index >= 15 is 0 Å². The predicted octanol–water partition coefficient (Wildman–Crippen LogP) is 4.77. The molecule has 33 heavy (non-hydrogen) atoms. The fourth-order valence-corrected chi connectivity index (χ4v) is 6.51. The van der Waals surface area contributed by atoms with E-state index in [2.05, 4.69) is 37.6 Å². The van der Waals surface area contributed by atoms with Gasteiger partial charge in [0.15, 0.2) is 0 Å². The van der Waals surface area contributed by atoms with Gasteiger partial charge in [-0.3, -0.25) is 0 Å². The lowest BCUT2D eigenvalue weighted by Crippen LogP contribution is -2.44. The highest BCUT2D eigenvalue weighted by molar-refractivity contribution is 6.88. The van der Waals surface area contributed by atoms with Crippen molar-refractivity contribution in [3.8, 4) is 11.3 Å². The highest BCUT2D eigenvalue weighted by atomic mass is 35.5. The number of fused-ring (bicyclic) bond motifs is 1. The first-order valence-corrected chi connectivity index (χ1v) is 14.5. The van der Waals surface area contributed by atoms with Gasteiger partial charge in [0.1, 0.15) is 19.9 Å². The molecule has 0 aliphatic heterocycles. The molecule has 3 heterocycles. The number of aryl methyl sites for hydroxylation is 1. The summed E-state index contributed by atoms with van der Waals surface area (Å²) in [5, 5.41) is 18.0. The number of carbonyl (C=O) groups excluding carboxylic acids is 1. The Morgan fingerprint density at radius 2 is 1.82 bits per heavy atom. The molecule has 0 aliphatic rings. The maximum Gasteiger partial charge on any atom is 0.356 e. The fourth-order valence-electron chi connectivity index (χ4n) is 4.23. The van der Waals surface area contributed by atoms with E-state index in [4.69, 9.17) is 21.4 Å². The number of aromatic nitrogens is 3. The molecule has 0 amide bonds. The van der Waals surface area contributed by atoms with Crippen LogP contribution in [0.25, 0.3) is 16.8 Å². The van der Waals surface area contributed by atoms with E-state index in [1.54, 1.807) is 6.07 Å². The van der Waals surface area contributed by atoms with Gasteiger partial charge in [0.2, 0.25) is 0 Å². The van der Waals surface area contributed by atoms with Gasteiger partial charge in [-0.05, 0) is 30.7 Å². The Hall–Kier alpha value is -3.00. The van der Waals surface area contributed by atoms with Gasteiger partial charge in [-0.2, -0.15) is 5.10 Å². The number of nitrogens with zero attached hydrogens (tertiary/aromatic N) is 3. The minimum Gasteiger partial charge on any atom is -0.464 e. The summed E-state index contributed by atoms with van der Waals surface area (Å²) in [5.74, 6) is -0.620. The molecule has 0 radical (unpaired) electrons. The lowest BCUT2D eigenvalue weighted by molar-refractivity contribution is 0.0593. The molecule has 0 aliphatic carbocycles. The number of benzene rings is 1. The third kappa shape index (κ3) is 4.31. The predicted molar refractivity (Wildman–Crippen MR) is 133 cm³/mol. The molecule has 6 nitrogen and oxygen atoms in total. The second-order valence-electron chi connectivity index (χ2n) is 9.03. The minimum atomic E-state index is -1.78. The Morgan fingerprint density at radius 3 is 2.45 bits per heavy atom. The van der Waals surface area contributed by atoms with Crippen LogP contribution < -0.4 is 5.32 Å². The second kappa shape index (κ2) is 8.74. The van der Waals surface area contributed by atoms with E-state index in [-0.39, 0.29) is 16.4 Å². The SMILES string of the molecule is COC(=O)c1cc(Cl)cc(C(O)c2c(-c3ccccc3)nn3c([Si](C)(C)C)c(C)ccc23)n1. The average molecular weight is 480 g/mol. The van der Waals surface area contributed by atoms with Crippen LogP contribution in [-0.4, -0.2) is 40.9 Å². The summed E-state index contributed by atoms with van der Waals surface area (Å²) in [7, 11) is -0.506. The van der Waals surface area contributed by atoms with Crippen molar-refractivity contribution in [3.63, 3.8) is 0 Å². The van der Waals surface area contributed by atoms with E-state index in [1.165, 1.54) is 24.1 Å². The van der Waals surface area contributed by atoms with Crippen LogP contribution in [0.2, 0.25) is 24.7 Å². The first-order valence-electron chi connectivity index (χ1n) is 10.6. The Bertz CT molecular complexity index is 1350. The molecule has 0 spiro atoms. The van der Waals surface area contributed by atoms with Gasteiger partial charge in [-0.15, -0.1) is 0 Å². The molecule has 170 valence electrons. The number of ether oxygens (including phenoxy) is 1. The first kappa shape index (κ1) is 23.2. The molecular formula is C25H26ClN3O3Si. The quantitative estimate of drug-likeness (QED) is 0.329. The first-order chi connectivity index (χ1) is 15.6. The molecule has 1 unspecified atom stereocenters. The molecular weight excluding hydrogens is 454 g/mol. The summed E-state index contributed by atoms with van der Waals surface area (Å²) < 4.78 is 6.76. The van der Waals surface area contributed by atoms with Crippen molar-refractivity contribution in [3.05, 3.63) is 82.1 Å². The number of carbonyl (C=O) groups is 1. The van der Waals surface area contributed by atoms with Crippen molar-refractivity contribution in [2.45, 2.75) is 32.7 Å². The Kier molecular flexibility index (Phi) is 6.13. The number of methoxy groups -OCH3 is 1. The Morgan fingerprint density at radius 1 is 1.12 bits per heavy atom.